The smallest absolute Gasteiger partial charge is 0.238 e. The SMILES string of the molecule is O=C(CN1CCc2nc(NC(=O)C3CCC3)sc2C1)Nc1ccc(F)cc1. The zero-order valence-corrected chi connectivity index (χ0v) is 15.7. The van der Waals surface area contributed by atoms with E-state index in [2.05, 4.69) is 20.5 Å². The van der Waals surface area contributed by atoms with Crippen LogP contribution in [0.2, 0.25) is 0 Å². The van der Waals surface area contributed by atoms with Crippen molar-refractivity contribution in [2.24, 2.45) is 5.92 Å². The number of fused-ring (bicyclic) bond motifs is 1. The van der Waals surface area contributed by atoms with Gasteiger partial charge in [0, 0.05) is 36.0 Å². The third-order valence-corrected chi connectivity index (χ3v) is 6.01. The number of anilines is 2. The summed E-state index contributed by atoms with van der Waals surface area (Å²) in [6.07, 6.45) is 3.82. The van der Waals surface area contributed by atoms with E-state index in [1.54, 1.807) is 12.1 Å². The molecule has 0 radical (unpaired) electrons. The van der Waals surface area contributed by atoms with Crippen LogP contribution in [0.4, 0.5) is 15.2 Å². The number of benzene rings is 1. The molecular formula is C19H21FN4O2S. The number of rotatable bonds is 5. The van der Waals surface area contributed by atoms with E-state index in [-0.39, 0.29) is 30.1 Å². The molecule has 1 aromatic heterocycles. The molecule has 2 heterocycles. The molecule has 1 aliphatic heterocycles. The summed E-state index contributed by atoms with van der Waals surface area (Å²) < 4.78 is 12.9. The van der Waals surface area contributed by atoms with E-state index in [4.69, 9.17) is 0 Å². The molecule has 2 aromatic rings. The fourth-order valence-electron chi connectivity index (χ4n) is 3.25. The van der Waals surface area contributed by atoms with Gasteiger partial charge in [-0.2, -0.15) is 0 Å². The van der Waals surface area contributed by atoms with Crippen molar-refractivity contribution in [3.05, 3.63) is 40.7 Å². The molecule has 1 aromatic carbocycles. The summed E-state index contributed by atoms with van der Waals surface area (Å²) in [6.45, 7) is 1.64. The first-order valence-electron chi connectivity index (χ1n) is 9.14. The average Bonchev–Trinajstić information content (AvgIpc) is 2.96. The van der Waals surface area contributed by atoms with Crippen LogP contribution in [0.3, 0.4) is 0 Å². The Kier molecular flexibility index (Phi) is 5.18. The van der Waals surface area contributed by atoms with Crippen LogP contribution in [-0.2, 0) is 22.6 Å². The second-order valence-corrected chi connectivity index (χ2v) is 8.11. The van der Waals surface area contributed by atoms with E-state index in [0.29, 0.717) is 17.4 Å². The number of halogens is 1. The van der Waals surface area contributed by atoms with Crippen LogP contribution in [0.25, 0.3) is 0 Å². The Morgan fingerprint density at radius 1 is 1.22 bits per heavy atom. The Morgan fingerprint density at radius 3 is 2.70 bits per heavy atom. The van der Waals surface area contributed by atoms with Gasteiger partial charge >= 0.3 is 0 Å². The predicted molar refractivity (Wildman–Crippen MR) is 102 cm³/mol. The van der Waals surface area contributed by atoms with E-state index in [1.165, 1.54) is 23.5 Å². The number of nitrogens with zero attached hydrogens (tertiary/aromatic N) is 2. The highest BCUT2D eigenvalue weighted by Crippen LogP contribution is 2.31. The molecule has 2 N–H and O–H groups in total. The minimum atomic E-state index is -0.332. The molecule has 142 valence electrons. The Labute approximate surface area is 160 Å². The first-order chi connectivity index (χ1) is 13.1. The molecule has 27 heavy (non-hydrogen) atoms. The number of amides is 2. The Bertz CT molecular complexity index is 848. The van der Waals surface area contributed by atoms with Crippen LogP contribution in [0.5, 0.6) is 0 Å². The van der Waals surface area contributed by atoms with Crippen LogP contribution in [0, 0.1) is 11.7 Å². The normalized spacial score (nSPS) is 17.1. The van der Waals surface area contributed by atoms with Gasteiger partial charge < -0.3 is 10.6 Å². The molecule has 2 aliphatic rings. The molecule has 1 aliphatic carbocycles. The highest BCUT2D eigenvalue weighted by molar-refractivity contribution is 7.15. The molecule has 8 heteroatoms. The summed E-state index contributed by atoms with van der Waals surface area (Å²) >= 11 is 1.49. The highest BCUT2D eigenvalue weighted by atomic mass is 32.1. The van der Waals surface area contributed by atoms with Crippen LogP contribution in [0.1, 0.15) is 29.8 Å². The number of hydrogen-bond acceptors (Lipinski definition) is 5. The van der Waals surface area contributed by atoms with Gasteiger partial charge in [-0.05, 0) is 37.1 Å². The van der Waals surface area contributed by atoms with Crippen molar-refractivity contribution < 1.29 is 14.0 Å². The van der Waals surface area contributed by atoms with Gasteiger partial charge in [0.05, 0.1) is 12.2 Å². The molecule has 6 nitrogen and oxygen atoms in total. The topological polar surface area (TPSA) is 74.3 Å². The predicted octanol–water partition coefficient (Wildman–Crippen LogP) is 3.02. The molecule has 2 amide bonds. The average molecular weight is 388 g/mol. The van der Waals surface area contributed by atoms with Gasteiger partial charge in [-0.1, -0.05) is 6.42 Å². The van der Waals surface area contributed by atoms with E-state index in [1.807, 2.05) is 0 Å². The van der Waals surface area contributed by atoms with Crippen LogP contribution in [0.15, 0.2) is 24.3 Å². The molecule has 0 atom stereocenters. The number of aromatic nitrogens is 1. The molecule has 0 saturated heterocycles. The van der Waals surface area contributed by atoms with Crippen molar-refractivity contribution in [3.8, 4) is 0 Å². The van der Waals surface area contributed by atoms with E-state index < -0.39 is 0 Å². The van der Waals surface area contributed by atoms with Gasteiger partial charge in [-0.15, -0.1) is 11.3 Å². The van der Waals surface area contributed by atoms with Gasteiger partial charge in [0.15, 0.2) is 5.13 Å². The number of nitrogens with one attached hydrogen (secondary N) is 2. The molecule has 0 spiro atoms. The van der Waals surface area contributed by atoms with Crippen LogP contribution < -0.4 is 10.6 Å². The number of carbonyl (C=O) groups is 2. The van der Waals surface area contributed by atoms with Crippen molar-refractivity contribution >= 4 is 34.0 Å². The van der Waals surface area contributed by atoms with Crippen molar-refractivity contribution in [3.63, 3.8) is 0 Å². The minimum absolute atomic E-state index is 0.0721. The maximum atomic E-state index is 12.9. The van der Waals surface area contributed by atoms with Gasteiger partial charge in [-0.3, -0.25) is 14.5 Å². The van der Waals surface area contributed by atoms with Gasteiger partial charge in [0.1, 0.15) is 5.82 Å². The third-order valence-electron chi connectivity index (χ3n) is 5.01. The maximum absolute atomic E-state index is 12.9. The molecular weight excluding hydrogens is 367 g/mol. The number of hydrogen-bond donors (Lipinski definition) is 2. The Hall–Kier alpha value is -2.32. The molecule has 1 fully saturated rings. The largest absolute Gasteiger partial charge is 0.325 e. The Balaban J connectivity index is 1.31. The fourth-order valence-corrected chi connectivity index (χ4v) is 4.31. The quantitative estimate of drug-likeness (QED) is 0.826. The van der Waals surface area contributed by atoms with Gasteiger partial charge in [-0.25, -0.2) is 9.37 Å². The van der Waals surface area contributed by atoms with E-state index >= 15 is 0 Å². The van der Waals surface area contributed by atoms with Crippen LogP contribution in [-0.4, -0.2) is 34.8 Å². The minimum Gasteiger partial charge on any atom is -0.325 e. The summed E-state index contributed by atoms with van der Waals surface area (Å²) in [6, 6.07) is 5.72. The first kappa shape index (κ1) is 18.1. The highest BCUT2D eigenvalue weighted by Gasteiger charge is 2.27. The summed E-state index contributed by atoms with van der Waals surface area (Å²) in [5.74, 6) is -0.254. The van der Waals surface area contributed by atoms with Gasteiger partial charge in [0.2, 0.25) is 11.8 Å². The lowest BCUT2D eigenvalue weighted by atomic mass is 9.85. The molecule has 1 saturated carbocycles. The maximum Gasteiger partial charge on any atom is 0.238 e. The van der Waals surface area contributed by atoms with E-state index in [0.717, 1.165) is 42.8 Å². The monoisotopic (exact) mass is 388 g/mol. The zero-order chi connectivity index (χ0) is 18.8. The third kappa shape index (κ3) is 4.33. The summed E-state index contributed by atoms with van der Waals surface area (Å²) in [4.78, 5) is 32.0. The lowest BCUT2D eigenvalue weighted by molar-refractivity contribution is -0.122. The zero-order valence-electron chi connectivity index (χ0n) is 14.8. The second-order valence-electron chi connectivity index (χ2n) is 7.02. The van der Waals surface area contributed by atoms with Crippen molar-refractivity contribution in [1.82, 2.24) is 9.88 Å². The number of carbonyl (C=O) groups excluding carboxylic acids is 2. The van der Waals surface area contributed by atoms with Crippen molar-refractivity contribution in [2.75, 3.05) is 23.7 Å². The summed E-state index contributed by atoms with van der Waals surface area (Å²) in [7, 11) is 0. The number of thiazole rings is 1. The van der Waals surface area contributed by atoms with Gasteiger partial charge in [0.25, 0.3) is 0 Å². The molecule has 0 bridgehead atoms. The fraction of sp³-hybridized carbons (Fsp3) is 0.421. The van der Waals surface area contributed by atoms with Crippen molar-refractivity contribution in [2.45, 2.75) is 32.2 Å². The first-order valence-corrected chi connectivity index (χ1v) is 9.96. The lowest BCUT2D eigenvalue weighted by Gasteiger charge is -2.25. The second kappa shape index (κ2) is 7.74. The summed E-state index contributed by atoms with van der Waals surface area (Å²) in [5, 5.41) is 6.38. The van der Waals surface area contributed by atoms with Crippen LogP contribution >= 0.6 is 11.3 Å². The van der Waals surface area contributed by atoms with Crippen molar-refractivity contribution in [1.29, 1.82) is 0 Å². The summed E-state index contributed by atoms with van der Waals surface area (Å²) in [5.41, 5.74) is 1.59. The van der Waals surface area contributed by atoms with E-state index in [9.17, 15) is 14.0 Å². The molecule has 4 rings (SSSR count). The standard InChI is InChI=1S/C19H21FN4O2S/c20-13-4-6-14(7-5-13)21-17(25)11-24-9-8-15-16(10-24)27-19(22-15)23-18(26)12-2-1-3-12/h4-7,12H,1-3,8-11H2,(H,21,25)(H,22,23,26). The Morgan fingerprint density at radius 2 is 2.00 bits per heavy atom. The lowest BCUT2D eigenvalue weighted by Crippen LogP contribution is -2.36. The molecule has 0 unspecified atom stereocenters.